The van der Waals surface area contributed by atoms with Gasteiger partial charge in [0.2, 0.25) is 0 Å². The molecule has 0 radical (unpaired) electrons. The Bertz CT molecular complexity index is 1500. The monoisotopic (exact) mass is 479 g/mol. The second kappa shape index (κ2) is 8.65. The van der Waals surface area contributed by atoms with Crippen LogP contribution in [0.15, 0.2) is 59.5 Å². The maximum Gasteiger partial charge on any atom is 0.266 e. The van der Waals surface area contributed by atoms with Crippen LogP contribution in [-0.4, -0.2) is 15.5 Å². The van der Waals surface area contributed by atoms with E-state index in [4.69, 9.17) is 11.6 Å². The van der Waals surface area contributed by atoms with Crippen LogP contribution in [0.25, 0.3) is 16.5 Å². The van der Waals surface area contributed by atoms with Gasteiger partial charge in [-0.2, -0.15) is 0 Å². The minimum atomic E-state index is -0.728. The quantitative estimate of drug-likeness (QED) is 0.388. The molecule has 5 nitrogen and oxygen atoms in total. The molecule has 172 valence electrons. The van der Waals surface area contributed by atoms with Crippen LogP contribution in [-0.2, 0) is 6.54 Å². The summed E-state index contributed by atoms with van der Waals surface area (Å²) in [7, 11) is 0. The maximum absolute atomic E-state index is 14.8. The van der Waals surface area contributed by atoms with Crippen molar-refractivity contribution < 1.29 is 13.6 Å². The third-order valence-electron chi connectivity index (χ3n) is 6.16. The van der Waals surface area contributed by atoms with Crippen molar-refractivity contribution in [3.05, 3.63) is 104 Å². The van der Waals surface area contributed by atoms with Gasteiger partial charge in [0.15, 0.2) is 0 Å². The fourth-order valence-corrected chi connectivity index (χ4v) is 4.56. The second-order valence-electron chi connectivity index (χ2n) is 8.37. The highest BCUT2D eigenvalue weighted by Crippen LogP contribution is 2.43. The lowest BCUT2D eigenvalue weighted by Crippen LogP contribution is -2.30. The predicted octanol–water partition coefficient (Wildman–Crippen LogP) is 5.43. The Balaban J connectivity index is 1.61. The van der Waals surface area contributed by atoms with E-state index in [1.165, 1.54) is 35.0 Å². The molecule has 2 aromatic carbocycles. The number of benzene rings is 2. The summed E-state index contributed by atoms with van der Waals surface area (Å²) in [5.74, 6) is -1.33. The lowest BCUT2D eigenvalue weighted by Gasteiger charge is -2.18. The van der Waals surface area contributed by atoms with Crippen molar-refractivity contribution in [1.29, 1.82) is 0 Å². The molecule has 0 saturated heterocycles. The Hall–Kier alpha value is -3.58. The van der Waals surface area contributed by atoms with Crippen LogP contribution in [0.1, 0.15) is 45.9 Å². The highest BCUT2D eigenvalue weighted by atomic mass is 35.5. The Kier molecular flexibility index (Phi) is 5.65. The molecule has 8 heteroatoms. The number of halogens is 3. The molecule has 1 amide bonds. The minimum absolute atomic E-state index is 0.111. The molecule has 1 aliphatic rings. The van der Waals surface area contributed by atoms with Crippen molar-refractivity contribution >= 4 is 28.3 Å². The smallest absolute Gasteiger partial charge is 0.266 e. The first kappa shape index (κ1) is 22.2. The molecule has 1 N–H and O–H groups in total. The Morgan fingerprint density at radius 2 is 1.85 bits per heavy atom. The number of aromatic nitrogens is 2. The Morgan fingerprint density at radius 3 is 2.56 bits per heavy atom. The van der Waals surface area contributed by atoms with Crippen molar-refractivity contribution in [3.63, 3.8) is 0 Å². The third kappa shape index (κ3) is 3.86. The Labute approximate surface area is 199 Å². The number of carbonyl (C=O) groups excluding carboxylic acids is 1. The molecule has 1 fully saturated rings. The van der Waals surface area contributed by atoms with Crippen molar-refractivity contribution in [2.24, 2.45) is 0 Å². The molecule has 2 aromatic heterocycles. The standard InChI is InChI=1S/C26H20ClF2N3O2/c1-14-22(25(33)31-12-16-4-2-6-19(28)23(16)15-8-9-15)18-5-3-7-20(29)24(18)26(34)32(14)17-10-11-21(27)30-13-17/h2-7,10-11,13,15H,8-9,12H2,1H3,(H,31,33). The summed E-state index contributed by atoms with van der Waals surface area (Å²) in [5, 5.41) is 3.09. The zero-order chi connectivity index (χ0) is 24.0. The van der Waals surface area contributed by atoms with Gasteiger partial charge in [-0.05, 0) is 61.1 Å². The lowest BCUT2D eigenvalue weighted by atomic mass is 10.0. The average Bonchev–Trinajstić information content (AvgIpc) is 3.64. The van der Waals surface area contributed by atoms with Gasteiger partial charge in [-0.15, -0.1) is 0 Å². The van der Waals surface area contributed by atoms with Gasteiger partial charge in [-0.3, -0.25) is 14.2 Å². The topological polar surface area (TPSA) is 64.0 Å². The molecular formula is C26H20ClF2N3O2. The molecule has 0 aliphatic heterocycles. The number of rotatable bonds is 5. The molecule has 1 aliphatic carbocycles. The summed E-state index contributed by atoms with van der Waals surface area (Å²) in [6, 6.07) is 12.1. The minimum Gasteiger partial charge on any atom is -0.348 e. The van der Waals surface area contributed by atoms with E-state index < -0.39 is 17.3 Å². The number of fused-ring (bicyclic) bond motifs is 1. The van der Waals surface area contributed by atoms with Gasteiger partial charge >= 0.3 is 0 Å². The molecule has 0 spiro atoms. The van der Waals surface area contributed by atoms with Crippen LogP contribution < -0.4 is 10.9 Å². The van der Waals surface area contributed by atoms with Crippen molar-refractivity contribution in [2.75, 3.05) is 0 Å². The van der Waals surface area contributed by atoms with E-state index in [0.717, 1.165) is 12.8 Å². The van der Waals surface area contributed by atoms with Crippen LogP contribution in [0.4, 0.5) is 8.78 Å². The molecule has 0 unspecified atom stereocenters. The summed E-state index contributed by atoms with van der Waals surface area (Å²) in [6.07, 6.45) is 3.23. The largest absolute Gasteiger partial charge is 0.348 e. The zero-order valence-electron chi connectivity index (χ0n) is 18.2. The first-order chi connectivity index (χ1) is 16.4. The molecule has 1 saturated carbocycles. The van der Waals surface area contributed by atoms with Crippen LogP contribution in [0.2, 0.25) is 5.15 Å². The molecule has 5 rings (SSSR count). The van der Waals surface area contributed by atoms with Crippen molar-refractivity contribution in [2.45, 2.75) is 32.2 Å². The van der Waals surface area contributed by atoms with Crippen LogP contribution in [0.3, 0.4) is 0 Å². The van der Waals surface area contributed by atoms with Gasteiger partial charge in [0.25, 0.3) is 11.5 Å². The maximum atomic E-state index is 14.8. The lowest BCUT2D eigenvalue weighted by molar-refractivity contribution is 0.0951. The summed E-state index contributed by atoms with van der Waals surface area (Å²) < 4.78 is 30.5. The predicted molar refractivity (Wildman–Crippen MR) is 127 cm³/mol. The fourth-order valence-electron chi connectivity index (χ4n) is 4.45. The number of nitrogens with zero attached hydrogens (tertiary/aromatic N) is 2. The van der Waals surface area contributed by atoms with Crippen LogP contribution in [0, 0.1) is 18.6 Å². The highest BCUT2D eigenvalue weighted by molar-refractivity contribution is 6.29. The number of amides is 1. The van der Waals surface area contributed by atoms with Crippen LogP contribution in [0.5, 0.6) is 0 Å². The van der Waals surface area contributed by atoms with Crippen LogP contribution >= 0.6 is 11.6 Å². The molecular weight excluding hydrogens is 460 g/mol. The van der Waals surface area contributed by atoms with Crippen molar-refractivity contribution in [3.8, 4) is 5.69 Å². The van der Waals surface area contributed by atoms with Gasteiger partial charge < -0.3 is 5.32 Å². The fraction of sp³-hybridized carbons (Fsp3) is 0.192. The third-order valence-corrected chi connectivity index (χ3v) is 6.39. The summed E-state index contributed by atoms with van der Waals surface area (Å²) >= 11 is 5.88. The number of pyridine rings is 2. The van der Waals surface area contributed by atoms with Gasteiger partial charge in [0.1, 0.15) is 16.8 Å². The van der Waals surface area contributed by atoms with E-state index in [-0.39, 0.29) is 39.8 Å². The highest BCUT2D eigenvalue weighted by Gasteiger charge is 2.29. The van der Waals surface area contributed by atoms with Crippen molar-refractivity contribution in [1.82, 2.24) is 14.9 Å². The van der Waals surface area contributed by atoms with E-state index in [0.29, 0.717) is 22.5 Å². The molecule has 2 heterocycles. The van der Waals surface area contributed by atoms with E-state index in [9.17, 15) is 18.4 Å². The first-order valence-corrected chi connectivity index (χ1v) is 11.3. The Morgan fingerprint density at radius 1 is 1.12 bits per heavy atom. The number of carbonyl (C=O) groups is 1. The molecule has 4 aromatic rings. The summed E-state index contributed by atoms with van der Waals surface area (Å²) in [6.45, 7) is 1.73. The normalized spacial score (nSPS) is 13.3. The zero-order valence-corrected chi connectivity index (χ0v) is 19.0. The van der Waals surface area contributed by atoms with E-state index >= 15 is 0 Å². The van der Waals surface area contributed by atoms with Gasteiger partial charge in [-0.1, -0.05) is 35.9 Å². The summed E-state index contributed by atoms with van der Waals surface area (Å²) in [4.78, 5) is 30.7. The SMILES string of the molecule is Cc1c(C(=O)NCc2cccc(F)c2C2CC2)c2cccc(F)c2c(=O)n1-c1ccc(Cl)nc1. The summed E-state index contributed by atoms with van der Waals surface area (Å²) in [5.41, 5.74) is 1.58. The van der Waals surface area contributed by atoms with Gasteiger partial charge in [0.05, 0.1) is 22.8 Å². The van der Waals surface area contributed by atoms with E-state index in [1.54, 1.807) is 31.2 Å². The number of hydrogen-bond donors (Lipinski definition) is 1. The second-order valence-corrected chi connectivity index (χ2v) is 8.76. The molecule has 0 bridgehead atoms. The van der Waals surface area contributed by atoms with Gasteiger partial charge in [0, 0.05) is 17.6 Å². The van der Waals surface area contributed by atoms with Gasteiger partial charge in [-0.25, -0.2) is 13.8 Å². The van der Waals surface area contributed by atoms with E-state index in [2.05, 4.69) is 10.3 Å². The number of nitrogens with one attached hydrogen (secondary N) is 1. The molecule has 34 heavy (non-hydrogen) atoms. The number of hydrogen-bond acceptors (Lipinski definition) is 3. The first-order valence-electron chi connectivity index (χ1n) is 10.9. The van der Waals surface area contributed by atoms with E-state index in [1.807, 2.05) is 0 Å². The average molecular weight is 480 g/mol. The molecule has 0 atom stereocenters.